The molecule has 2 aromatic rings. The van der Waals surface area contributed by atoms with Crippen LogP contribution < -0.4 is 20.1 Å². The number of aliphatic imine (C=N–C) groups is 1. The van der Waals surface area contributed by atoms with Crippen LogP contribution in [0.4, 0.5) is 10.1 Å². The molecule has 1 saturated heterocycles. The van der Waals surface area contributed by atoms with Crippen molar-refractivity contribution in [3.8, 4) is 11.5 Å². The van der Waals surface area contributed by atoms with Crippen LogP contribution in [0.3, 0.4) is 0 Å². The summed E-state index contributed by atoms with van der Waals surface area (Å²) in [6.45, 7) is 5.07. The minimum atomic E-state index is -0.214. The van der Waals surface area contributed by atoms with Crippen molar-refractivity contribution >= 4 is 35.6 Å². The van der Waals surface area contributed by atoms with Crippen molar-refractivity contribution in [2.24, 2.45) is 10.7 Å². The topological polar surface area (TPSA) is 63.3 Å². The van der Waals surface area contributed by atoms with Crippen LogP contribution >= 0.6 is 24.0 Å². The highest BCUT2D eigenvalue weighted by Gasteiger charge is 2.18. The zero-order valence-electron chi connectivity index (χ0n) is 16.2. The molecule has 4 rings (SSSR count). The normalized spacial score (nSPS) is 16.8. The number of hydrogen-bond donors (Lipinski definition) is 1. The molecule has 0 bridgehead atoms. The Bertz CT molecular complexity index is 839. The molecule has 2 aromatic carbocycles. The number of nitrogens with two attached hydrogens (primary N) is 1. The lowest BCUT2D eigenvalue weighted by Crippen LogP contribution is -2.51. The van der Waals surface area contributed by atoms with Gasteiger partial charge in [0.1, 0.15) is 5.82 Å². The molecule has 0 radical (unpaired) electrons. The molecule has 2 N–H and O–H groups in total. The van der Waals surface area contributed by atoms with Gasteiger partial charge in [-0.25, -0.2) is 9.38 Å². The number of rotatable bonds is 3. The van der Waals surface area contributed by atoms with Gasteiger partial charge in [0.05, 0.1) is 19.8 Å². The monoisotopic (exact) mass is 512 g/mol. The summed E-state index contributed by atoms with van der Waals surface area (Å²) < 4.78 is 24.5. The molecular formula is C21H26FIN4O2. The second kappa shape index (κ2) is 10.00. The van der Waals surface area contributed by atoms with E-state index in [1.165, 1.54) is 12.1 Å². The fraction of sp³-hybridized carbons (Fsp3) is 0.381. The SMILES string of the molecule is I.NC(=NCc1ccc2c(c1)OCCCO2)N1CCN(c2ccc(F)cc2)CC1. The molecule has 0 aliphatic carbocycles. The summed E-state index contributed by atoms with van der Waals surface area (Å²) >= 11 is 0. The third-order valence-corrected chi connectivity index (χ3v) is 5.03. The molecule has 0 unspecified atom stereocenters. The Morgan fingerprint density at radius 3 is 2.38 bits per heavy atom. The number of hydrogen-bond acceptors (Lipinski definition) is 4. The van der Waals surface area contributed by atoms with E-state index in [9.17, 15) is 4.39 Å². The lowest BCUT2D eigenvalue weighted by Gasteiger charge is -2.36. The van der Waals surface area contributed by atoms with Crippen LogP contribution in [0.2, 0.25) is 0 Å². The van der Waals surface area contributed by atoms with Gasteiger partial charge in [-0.05, 0) is 42.0 Å². The molecule has 6 nitrogen and oxygen atoms in total. The van der Waals surface area contributed by atoms with Crippen LogP contribution in [0, 0.1) is 5.82 Å². The van der Waals surface area contributed by atoms with Gasteiger partial charge in [-0.3, -0.25) is 0 Å². The molecule has 0 saturated carbocycles. The van der Waals surface area contributed by atoms with Crippen molar-refractivity contribution in [1.82, 2.24) is 4.90 Å². The highest BCUT2D eigenvalue weighted by atomic mass is 127. The maximum atomic E-state index is 13.1. The number of nitrogens with zero attached hydrogens (tertiary/aromatic N) is 3. The molecule has 2 aliphatic rings. The summed E-state index contributed by atoms with van der Waals surface area (Å²) in [5, 5.41) is 0. The Kier molecular flexibility index (Phi) is 7.40. The van der Waals surface area contributed by atoms with Crippen molar-refractivity contribution in [2.45, 2.75) is 13.0 Å². The van der Waals surface area contributed by atoms with Crippen molar-refractivity contribution in [3.05, 3.63) is 53.8 Å². The van der Waals surface area contributed by atoms with Crippen LogP contribution in [0.1, 0.15) is 12.0 Å². The Hall–Kier alpha value is -2.23. The van der Waals surface area contributed by atoms with E-state index in [-0.39, 0.29) is 29.8 Å². The van der Waals surface area contributed by atoms with E-state index in [0.717, 1.165) is 55.3 Å². The smallest absolute Gasteiger partial charge is 0.191 e. The molecular weight excluding hydrogens is 486 g/mol. The summed E-state index contributed by atoms with van der Waals surface area (Å²) in [5.74, 6) is 1.89. The predicted molar refractivity (Wildman–Crippen MR) is 123 cm³/mol. The maximum absolute atomic E-state index is 13.1. The van der Waals surface area contributed by atoms with Crippen LogP contribution in [0.5, 0.6) is 11.5 Å². The van der Waals surface area contributed by atoms with Crippen LogP contribution in [0.25, 0.3) is 0 Å². The lowest BCUT2D eigenvalue weighted by molar-refractivity contribution is 0.297. The molecule has 0 atom stereocenters. The Morgan fingerprint density at radius 1 is 0.966 bits per heavy atom. The van der Waals surface area contributed by atoms with Gasteiger partial charge in [0, 0.05) is 38.3 Å². The van der Waals surface area contributed by atoms with E-state index < -0.39 is 0 Å². The fourth-order valence-electron chi connectivity index (χ4n) is 3.42. The summed E-state index contributed by atoms with van der Waals surface area (Å²) in [7, 11) is 0. The molecule has 8 heteroatoms. The largest absolute Gasteiger partial charge is 0.490 e. The lowest BCUT2D eigenvalue weighted by atomic mass is 10.2. The van der Waals surface area contributed by atoms with E-state index in [1.54, 1.807) is 0 Å². The molecule has 2 aliphatic heterocycles. The summed E-state index contributed by atoms with van der Waals surface area (Å²) in [5.41, 5.74) is 8.29. The van der Waals surface area contributed by atoms with Gasteiger partial charge >= 0.3 is 0 Å². The average molecular weight is 512 g/mol. The summed E-state index contributed by atoms with van der Waals surface area (Å²) in [4.78, 5) is 8.87. The summed E-state index contributed by atoms with van der Waals surface area (Å²) in [6.07, 6.45) is 0.888. The minimum Gasteiger partial charge on any atom is -0.490 e. The first-order valence-corrected chi connectivity index (χ1v) is 9.63. The summed E-state index contributed by atoms with van der Waals surface area (Å²) in [6, 6.07) is 12.5. The first-order chi connectivity index (χ1) is 13.7. The number of ether oxygens (including phenoxy) is 2. The molecule has 156 valence electrons. The predicted octanol–water partition coefficient (Wildman–Crippen LogP) is 3.24. The van der Waals surface area contributed by atoms with Crippen LogP contribution in [-0.2, 0) is 6.54 Å². The minimum absolute atomic E-state index is 0. The number of fused-ring (bicyclic) bond motifs is 1. The molecule has 0 spiro atoms. The zero-order valence-corrected chi connectivity index (χ0v) is 18.6. The van der Waals surface area contributed by atoms with Crippen LogP contribution in [-0.4, -0.2) is 50.3 Å². The van der Waals surface area contributed by atoms with Gasteiger partial charge in [0.25, 0.3) is 0 Å². The fourth-order valence-corrected chi connectivity index (χ4v) is 3.42. The first-order valence-electron chi connectivity index (χ1n) is 9.63. The van der Waals surface area contributed by atoms with Gasteiger partial charge < -0.3 is 25.0 Å². The van der Waals surface area contributed by atoms with Crippen LogP contribution in [0.15, 0.2) is 47.5 Å². The van der Waals surface area contributed by atoms with E-state index >= 15 is 0 Å². The van der Waals surface area contributed by atoms with E-state index in [2.05, 4.69) is 14.8 Å². The molecule has 0 aromatic heterocycles. The van der Waals surface area contributed by atoms with Gasteiger partial charge in [0.2, 0.25) is 0 Å². The molecule has 0 amide bonds. The standard InChI is InChI=1S/C21H25FN4O2.HI/c22-17-3-5-18(6-4-17)25-8-10-26(11-9-25)21(23)24-15-16-2-7-19-20(14-16)28-13-1-12-27-19;/h2-7,14H,1,8-13,15H2,(H2,23,24);1H. The first kappa shape index (κ1) is 21.5. The highest BCUT2D eigenvalue weighted by molar-refractivity contribution is 14.0. The Morgan fingerprint density at radius 2 is 1.66 bits per heavy atom. The van der Waals surface area contributed by atoms with Gasteiger partial charge in [-0.2, -0.15) is 0 Å². The number of piperazine rings is 1. The van der Waals surface area contributed by atoms with Crippen molar-refractivity contribution in [3.63, 3.8) is 0 Å². The number of benzene rings is 2. The molecule has 1 fully saturated rings. The quantitative estimate of drug-likeness (QED) is 0.389. The van der Waals surface area contributed by atoms with Gasteiger partial charge in [-0.15, -0.1) is 24.0 Å². The van der Waals surface area contributed by atoms with Gasteiger partial charge in [-0.1, -0.05) is 6.07 Å². The van der Waals surface area contributed by atoms with E-state index in [4.69, 9.17) is 15.2 Å². The second-order valence-electron chi connectivity index (χ2n) is 6.96. The van der Waals surface area contributed by atoms with Gasteiger partial charge in [0.15, 0.2) is 17.5 Å². The van der Waals surface area contributed by atoms with Crippen molar-refractivity contribution in [2.75, 3.05) is 44.3 Å². The molecule has 2 heterocycles. The molecule has 29 heavy (non-hydrogen) atoms. The third-order valence-electron chi connectivity index (χ3n) is 5.03. The Labute approximate surface area is 187 Å². The van der Waals surface area contributed by atoms with E-state index in [1.807, 2.05) is 30.3 Å². The number of anilines is 1. The Balaban J connectivity index is 0.00000240. The maximum Gasteiger partial charge on any atom is 0.191 e. The zero-order chi connectivity index (χ0) is 19.3. The number of guanidine groups is 1. The van der Waals surface area contributed by atoms with E-state index in [0.29, 0.717) is 25.7 Å². The number of halogens is 2. The second-order valence-corrected chi connectivity index (χ2v) is 6.96. The third kappa shape index (κ3) is 5.43. The highest BCUT2D eigenvalue weighted by Crippen LogP contribution is 2.30. The van der Waals surface area contributed by atoms with Crippen molar-refractivity contribution < 1.29 is 13.9 Å². The average Bonchev–Trinajstić information content (AvgIpc) is 2.98. The van der Waals surface area contributed by atoms with Crippen molar-refractivity contribution in [1.29, 1.82) is 0 Å².